The van der Waals surface area contributed by atoms with E-state index in [0.717, 1.165) is 17.7 Å². The first-order valence-electron chi connectivity index (χ1n) is 8.57. The Morgan fingerprint density at radius 3 is 2.70 bits per heavy atom. The number of para-hydroxylation sites is 1. The first-order valence-corrected chi connectivity index (χ1v) is 8.57. The maximum atomic E-state index is 6.00. The maximum Gasteiger partial charge on any atom is 0.193 e. The second kappa shape index (κ2) is 8.75. The van der Waals surface area contributed by atoms with Gasteiger partial charge in [-0.05, 0) is 36.2 Å². The van der Waals surface area contributed by atoms with Gasteiger partial charge >= 0.3 is 0 Å². The van der Waals surface area contributed by atoms with Gasteiger partial charge in [-0.2, -0.15) is 5.10 Å². The van der Waals surface area contributed by atoms with Crippen LogP contribution in [0.4, 0.5) is 5.69 Å². The molecule has 27 heavy (non-hydrogen) atoms. The first kappa shape index (κ1) is 18.3. The molecule has 7 nitrogen and oxygen atoms in total. The number of methoxy groups -OCH3 is 2. The van der Waals surface area contributed by atoms with E-state index in [9.17, 15) is 0 Å². The van der Waals surface area contributed by atoms with E-state index >= 15 is 0 Å². The number of nitrogens with one attached hydrogen (secondary N) is 1. The third kappa shape index (κ3) is 4.78. The molecule has 0 amide bonds. The summed E-state index contributed by atoms with van der Waals surface area (Å²) in [4.78, 5) is 4.38. The van der Waals surface area contributed by atoms with Gasteiger partial charge in [0, 0.05) is 18.8 Å². The van der Waals surface area contributed by atoms with E-state index < -0.39 is 0 Å². The van der Waals surface area contributed by atoms with Crippen molar-refractivity contribution in [1.29, 1.82) is 0 Å². The van der Waals surface area contributed by atoms with Crippen molar-refractivity contribution in [3.8, 4) is 17.2 Å². The van der Waals surface area contributed by atoms with Gasteiger partial charge in [-0.25, -0.2) is 4.68 Å². The molecule has 2 aromatic carbocycles. The van der Waals surface area contributed by atoms with E-state index in [2.05, 4.69) is 15.4 Å². The van der Waals surface area contributed by atoms with Crippen molar-refractivity contribution in [2.45, 2.75) is 6.42 Å². The number of rotatable bonds is 7. The number of aromatic nitrogens is 2. The molecule has 0 unspecified atom stereocenters. The molecule has 0 radical (unpaired) electrons. The number of aliphatic imine (C=N–C) groups is 1. The Bertz CT molecular complexity index is 906. The van der Waals surface area contributed by atoms with Crippen molar-refractivity contribution in [1.82, 2.24) is 9.78 Å². The lowest BCUT2D eigenvalue weighted by Gasteiger charge is -2.12. The van der Waals surface area contributed by atoms with Crippen LogP contribution in [0.3, 0.4) is 0 Å². The second-order valence-corrected chi connectivity index (χ2v) is 5.84. The van der Waals surface area contributed by atoms with Gasteiger partial charge in [-0.1, -0.05) is 18.2 Å². The van der Waals surface area contributed by atoms with Gasteiger partial charge < -0.3 is 20.5 Å². The minimum atomic E-state index is 0.317. The number of guanidine groups is 1. The topological polar surface area (TPSA) is 86.7 Å². The van der Waals surface area contributed by atoms with Gasteiger partial charge in [0.1, 0.15) is 11.5 Å². The van der Waals surface area contributed by atoms with Crippen LogP contribution in [0.5, 0.6) is 11.5 Å². The molecule has 140 valence electrons. The summed E-state index contributed by atoms with van der Waals surface area (Å²) in [5, 5.41) is 7.44. The number of hydrogen-bond acceptors (Lipinski definition) is 4. The minimum Gasteiger partial charge on any atom is -0.497 e. The molecule has 3 N–H and O–H groups in total. The smallest absolute Gasteiger partial charge is 0.193 e. The molecule has 0 atom stereocenters. The molecule has 0 fully saturated rings. The summed E-state index contributed by atoms with van der Waals surface area (Å²) in [6.07, 6.45) is 4.58. The third-order valence-corrected chi connectivity index (χ3v) is 4.01. The van der Waals surface area contributed by atoms with Gasteiger partial charge in [0.25, 0.3) is 0 Å². The zero-order chi connectivity index (χ0) is 19.1. The average molecular weight is 365 g/mol. The Morgan fingerprint density at radius 2 is 1.96 bits per heavy atom. The second-order valence-electron chi connectivity index (χ2n) is 5.84. The largest absolute Gasteiger partial charge is 0.497 e. The summed E-state index contributed by atoms with van der Waals surface area (Å²) in [7, 11) is 3.21. The molecule has 0 aliphatic heterocycles. The van der Waals surface area contributed by atoms with Crippen molar-refractivity contribution in [3.05, 3.63) is 66.5 Å². The molecule has 0 bridgehead atoms. The van der Waals surface area contributed by atoms with E-state index in [0.29, 0.717) is 29.7 Å². The van der Waals surface area contributed by atoms with Gasteiger partial charge in [0.15, 0.2) is 5.96 Å². The van der Waals surface area contributed by atoms with E-state index in [4.69, 9.17) is 15.2 Å². The van der Waals surface area contributed by atoms with E-state index in [1.54, 1.807) is 14.2 Å². The summed E-state index contributed by atoms with van der Waals surface area (Å²) in [6, 6.07) is 15.4. The summed E-state index contributed by atoms with van der Waals surface area (Å²) < 4.78 is 12.4. The Morgan fingerprint density at radius 1 is 1.15 bits per heavy atom. The van der Waals surface area contributed by atoms with Crippen molar-refractivity contribution in [2.75, 3.05) is 26.1 Å². The summed E-state index contributed by atoms with van der Waals surface area (Å²) >= 11 is 0. The molecule has 0 aliphatic rings. The highest BCUT2D eigenvalue weighted by molar-refractivity contribution is 5.94. The number of nitrogens with zero attached hydrogens (tertiary/aromatic N) is 3. The van der Waals surface area contributed by atoms with Crippen molar-refractivity contribution in [3.63, 3.8) is 0 Å². The predicted molar refractivity (Wildman–Crippen MR) is 107 cm³/mol. The molecule has 0 aliphatic carbocycles. The maximum absolute atomic E-state index is 6.00. The molecule has 1 aromatic heterocycles. The van der Waals surface area contributed by atoms with Crippen LogP contribution in [-0.2, 0) is 6.42 Å². The normalized spacial score (nSPS) is 11.3. The predicted octanol–water partition coefficient (Wildman–Crippen LogP) is 2.86. The van der Waals surface area contributed by atoms with Crippen LogP contribution < -0.4 is 20.5 Å². The molecule has 3 aromatic rings. The zero-order valence-corrected chi connectivity index (χ0v) is 15.4. The molecule has 0 spiro atoms. The number of anilines is 1. The molecule has 0 saturated heterocycles. The van der Waals surface area contributed by atoms with E-state index in [-0.39, 0.29) is 0 Å². The molecule has 1 heterocycles. The van der Waals surface area contributed by atoms with Crippen LogP contribution in [0.2, 0.25) is 0 Å². The summed E-state index contributed by atoms with van der Waals surface area (Å²) in [5.74, 6) is 1.69. The molecular weight excluding hydrogens is 342 g/mol. The highest BCUT2D eigenvalue weighted by atomic mass is 16.5. The SMILES string of the molecule is COc1ccc(OC)c(NC(N)=NCCc2cnn(-c3ccccc3)c2)c1. The summed E-state index contributed by atoms with van der Waals surface area (Å²) in [5.41, 5.74) is 8.83. The van der Waals surface area contributed by atoms with Gasteiger partial charge in [0.05, 0.1) is 31.8 Å². The van der Waals surface area contributed by atoms with Gasteiger partial charge in [-0.3, -0.25) is 4.99 Å². The summed E-state index contributed by atoms with van der Waals surface area (Å²) in [6.45, 7) is 0.547. The highest BCUT2D eigenvalue weighted by Gasteiger charge is 2.06. The van der Waals surface area contributed by atoms with Crippen LogP contribution >= 0.6 is 0 Å². The number of ether oxygens (including phenoxy) is 2. The number of nitrogens with two attached hydrogens (primary N) is 1. The van der Waals surface area contributed by atoms with Crippen molar-refractivity contribution >= 4 is 11.6 Å². The average Bonchev–Trinajstić information content (AvgIpc) is 3.17. The van der Waals surface area contributed by atoms with Crippen LogP contribution in [-0.4, -0.2) is 36.5 Å². The first-order chi connectivity index (χ1) is 13.2. The lowest BCUT2D eigenvalue weighted by atomic mass is 10.2. The Labute approximate surface area is 158 Å². The Kier molecular flexibility index (Phi) is 5.94. The molecule has 7 heteroatoms. The minimum absolute atomic E-state index is 0.317. The molecule has 3 rings (SSSR count). The quantitative estimate of drug-likeness (QED) is 0.497. The van der Waals surface area contributed by atoms with Crippen LogP contribution in [0.15, 0.2) is 65.9 Å². The van der Waals surface area contributed by atoms with Crippen LogP contribution in [0.1, 0.15) is 5.56 Å². The fourth-order valence-corrected chi connectivity index (χ4v) is 2.61. The Hall–Kier alpha value is -3.48. The third-order valence-electron chi connectivity index (χ3n) is 4.01. The van der Waals surface area contributed by atoms with Crippen molar-refractivity contribution < 1.29 is 9.47 Å². The zero-order valence-electron chi connectivity index (χ0n) is 15.4. The number of benzene rings is 2. The van der Waals surface area contributed by atoms with Crippen LogP contribution in [0, 0.1) is 0 Å². The molecular formula is C20H23N5O2. The fourth-order valence-electron chi connectivity index (χ4n) is 2.61. The van der Waals surface area contributed by atoms with Crippen molar-refractivity contribution in [2.24, 2.45) is 10.7 Å². The van der Waals surface area contributed by atoms with E-state index in [1.807, 2.05) is 65.6 Å². The lowest BCUT2D eigenvalue weighted by Crippen LogP contribution is -2.23. The standard InChI is InChI=1S/C20H23N5O2/c1-26-17-8-9-19(27-2)18(12-17)24-20(21)22-11-10-15-13-23-25(14-15)16-6-4-3-5-7-16/h3-9,12-14H,10-11H2,1-2H3,(H3,21,22,24). The lowest BCUT2D eigenvalue weighted by molar-refractivity contribution is 0.405. The monoisotopic (exact) mass is 365 g/mol. The van der Waals surface area contributed by atoms with Crippen LogP contribution in [0.25, 0.3) is 5.69 Å². The molecule has 0 saturated carbocycles. The van der Waals surface area contributed by atoms with E-state index in [1.165, 1.54) is 0 Å². The Balaban J connectivity index is 1.60. The van der Waals surface area contributed by atoms with Gasteiger partial charge in [0.2, 0.25) is 0 Å². The highest BCUT2D eigenvalue weighted by Crippen LogP contribution is 2.28. The van der Waals surface area contributed by atoms with Gasteiger partial charge in [-0.15, -0.1) is 0 Å². The number of hydrogen-bond donors (Lipinski definition) is 2. The fraction of sp³-hybridized carbons (Fsp3) is 0.200.